The van der Waals surface area contributed by atoms with E-state index in [4.69, 9.17) is 14.2 Å². The zero-order valence-electron chi connectivity index (χ0n) is 21.3. The highest BCUT2D eigenvalue weighted by molar-refractivity contribution is 9.10. The normalized spacial score (nSPS) is 15.6. The zero-order valence-corrected chi connectivity index (χ0v) is 22.8. The van der Waals surface area contributed by atoms with Crippen LogP contribution in [0.25, 0.3) is 16.6 Å². The fourth-order valence-corrected chi connectivity index (χ4v) is 4.91. The van der Waals surface area contributed by atoms with Gasteiger partial charge in [-0.1, -0.05) is 22.0 Å². The molecule has 1 aromatic heterocycles. The molecule has 2 heterocycles. The fraction of sp³-hybridized carbons (Fsp3) is 0.407. The van der Waals surface area contributed by atoms with Gasteiger partial charge in [0.15, 0.2) is 0 Å². The number of fused-ring (bicyclic) bond motifs is 1. The summed E-state index contributed by atoms with van der Waals surface area (Å²) in [7, 11) is 3.20. The van der Waals surface area contributed by atoms with Crippen LogP contribution in [0.15, 0.2) is 47.1 Å². The lowest BCUT2D eigenvalue weighted by molar-refractivity contribution is -0.119. The number of benzene rings is 2. The van der Waals surface area contributed by atoms with E-state index in [0.717, 1.165) is 26.6 Å². The molecule has 36 heavy (non-hydrogen) atoms. The van der Waals surface area contributed by atoms with Crippen LogP contribution < -0.4 is 14.8 Å². The molecule has 0 unspecified atom stereocenters. The Balaban J connectivity index is 1.71. The number of nitrogens with one attached hydrogen (secondary N) is 1. The van der Waals surface area contributed by atoms with E-state index in [0.29, 0.717) is 30.9 Å². The van der Waals surface area contributed by atoms with Gasteiger partial charge >= 0.3 is 6.09 Å². The van der Waals surface area contributed by atoms with Crippen LogP contribution in [0.3, 0.4) is 0 Å². The summed E-state index contributed by atoms with van der Waals surface area (Å²) >= 11 is 3.61. The van der Waals surface area contributed by atoms with Gasteiger partial charge in [-0.15, -0.1) is 0 Å². The highest BCUT2D eigenvalue weighted by atomic mass is 79.9. The van der Waals surface area contributed by atoms with Crippen LogP contribution >= 0.6 is 15.9 Å². The third-order valence-corrected chi connectivity index (χ3v) is 6.77. The van der Waals surface area contributed by atoms with Crippen molar-refractivity contribution in [2.24, 2.45) is 0 Å². The molecule has 9 heteroatoms. The first kappa shape index (κ1) is 25.9. The van der Waals surface area contributed by atoms with E-state index in [9.17, 15) is 9.59 Å². The highest BCUT2D eigenvalue weighted by Crippen LogP contribution is 2.36. The molecular weight excluding hydrogens is 526 g/mol. The summed E-state index contributed by atoms with van der Waals surface area (Å²) in [5, 5.41) is 4.03. The minimum Gasteiger partial charge on any atom is -0.496 e. The van der Waals surface area contributed by atoms with Gasteiger partial charge in [-0.3, -0.25) is 4.79 Å². The number of methoxy groups -OCH3 is 2. The van der Waals surface area contributed by atoms with E-state index >= 15 is 0 Å². The van der Waals surface area contributed by atoms with Crippen molar-refractivity contribution < 1.29 is 23.8 Å². The number of halogens is 1. The predicted octanol–water partition coefficient (Wildman–Crippen LogP) is 5.43. The number of aromatic nitrogens is 1. The number of rotatable bonds is 7. The van der Waals surface area contributed by atoms with Gasteiger partial charge in [0.05, 0.1) is 37.5 Å². The summed E-state index contributed by atoms with van der Waals surface area (Å²) < 4.78 is 20.3. The molecule has 1 atom stereocenters. The molecular formula is C27H32BrN3O5. The highest BCUT2D eigenvalue weighted by Gasteiger charge is 2.30. The second-order valence-corrected chi connectivity index (χ2v) is 10.7. The summed E-state index contributed by atoms with van der Waals surface area (Å²) in [5.41, 5.74) is 1.97. The summed E-state index contributed by atoms with van der Waals surface area (Å²) in [6, 6.07) is 11.8. The van der Waals surface area contributed by atoms with Crippen molar-refractivity contribution in [3.05, 3.63) is 52.6 Å². The Kier molecular flexibility index (Phi) is 7.49. The van der Waals surface area contributed by atoms with Crippen LogP contribution in [0.5, 0.6) is 11.5 Å². The van der Waals surface area contributed by atoms with Crippen molar-refractivity contribution in [2.45, 2.75) is 51.8 Å². The van der Waals surface area contributed by atoms with Crippen LogP contribution in [0, 0.1) is 0 Å². The lowest BCUT2D eigenvalue weighted by Crippen LogP contribution is -2.43. The van der Waals surface area contributed by atoms with Crippen molar-refractivity contribution in [3.63, 3.8) is 0 Å². The quantitative estimate of drug-likeness (QED) is 0.419. The lowest BCUT2D eigenvalue weighted by Gasteiger charge is -2.30. The number of ether oxygens (including phenoxy) is 3. The number of carbonyl (C=O) groups excluding carboxylic acids is 2. The maximum absolute atomic E-state index is 13.2. The third-order valence-electron chi connectivity index (χ3n) is 6.08. The van der Waals surface area contributed by atoms with Gasteiger partial charge in [0.1, 0.15) is 17.1 Å². The summed E-state index contributed by atoms with van der Waals surface area (Å²) in [4.78, 5) is 26.5. The molecule has 2 amide bonds. The van der Waals surface area contributed by atoms with Gasteiger partial charge in [-0.05, 0) is 45.4 Å². The van der Waals surface area contributed by atoms with Crippen molar-refractivity contribution in [1.82, 2.24) is 14.8 Å². The van der Waals surface area contributed by atoms with E-state index in [1.54, 1.807) is 19.1 Å². The predicted molar refractivity (Wildman–Crippen MR) is 142 cm³/mol. The van der Waals surface area contributed by atoms with E-state index in [-0.39, 0.29) is 18.5 Å². The molecule has 1 fully saturated rings. The minimum absolute atomic E-state index is 0.00533. The molecule has 1 aliphatic rings. The number of nitrogens with zero attached hydrogens (tertiary/aromatic N) is 2. The lowest BCUT2D eigenvalue weighted by atomic mass is 10.1. The second kappa shape index (κ2) is 10.4. The summed E-state index contributed by atoms with van der Waals surface area (Å²) in [6.07, 6.45) is 2.66. The topological polar surface area (TPSA) is 82.0 Å². The van der Waals surface area contributed by atoms with Crippen LogP contribution in [0.1, 0.15) is 39.2 Å². The molecule has 4 rings (SSSR count). The van der Waals surface area contributed by atoms with Gasteiger partial charge in [0.25, 0.3) is 0 Å². The molecule has 0 spiro atoms. The zero-order chi connectivity index (χ0) is 26.0. The molecule has 8 nitrogen and oxygen atoms in total. The third kappa shape index (κ3) is 5.61. The largest absolute Gasteiger partial charge is 0.496 e. The molecule has 1 aliphatic heterocycles. The second-order valence-electron chi connectivity index (χ2n) is 9.85. The van der Waals surface area contributed by atoms with Crippen molar-refractivity contribution >= 4 is 38.8 Å². The van der Waals surface area contributed by atoms with Crippen LogP contribution in [-0.4, -0.2) is 53.9 Å². The standard InChI is InChI=1S/C27H32BrN3O5/c1-27(2,3)36-26(33)30(15-17-9-10-25(32)29-17)16-20-23(34-4)13-18(14-24(20)35-5)31-12-11-19-21(28)7-6-8-22(19)31/h6-8,11-14,17H,9-10,15-16H2,1-5H3,(H,29,32)/t17-/m1/s1. The van der Waals surface area contributed by atoms with Crippen LogP contribution in [-0.2, 0) is 16.1 Å². The Morgan fingerprint density at radius 3 is 2.44 bits per heavy atom. The maximum Gasteiger partial charge on any atom is 0.410 e. The average molecular weight is 558 g/mol. The minimum atomic E-state index is -0.657. The number of hydrogen-bond donors (Lipinski definition) is 1. The number of carbonyl (C=O) groups is 2. The smallest absolute Gasteiger partial charge is 0.410 e. The number of amides is 2. The average Bonchev–Trinajstić information content (AvgIpc) is 3.44. The van der Waals surface area contributed by atoms with Crippen LogP contribution in [0.2, 0.25) is 0 Å². The molecule has 0 aliphatic carbocycles. The molecule has 0 saturated carbocycles. The van der Waals surface area contributed by atoms with Gasteiger partial charge < -0.3 is 29.0 Å². The Labute approximate surface area is 219 Å². The Bertz CT molecular complexity index is 1260. The molecule has 1 N–H and O–H groups in total. The van der Waals surface area contributed by atoms with Crippen molar-refractivity contribution in [2.75, 3.05) is 20.8 Å². The SMILES string of the molecule is COc1cc(-n2ccc3c(Br)cccc32)cc(OC)c1CN(C[C@H]1CCC(=O)N1)C(=O)OC(C)(C)C. The van der Waals surface area contributed by atoms with Gasteiger partial charge in [0, 0.05) is 47.2 Å². The first-order valence-electron chi connectivity index (χ1n) is 11.9. The van der Waals surface area contributed by atoms with Gasteiger partial charge in [-0.25, -0.2) is 4.79 Å². The molecule has 2 aromatic carbocycles. The molecule has 1 saturated heterocycles. The first-order chi connectivity index (χ1) is 17.1. The summed E-state index contributed by atoms with van der Waals surface area (Å²) in [6.45, 7) is 6.01. The van der Waals surface area contributed by atoms with Gasteiger partial charge in [0.2, 0.25) is 5.91 Å². The van der Waals surface area contributed by atoms with E-state index in [1.165, 1.54) is 0 Å². The van der Waals surface area contributed by atoms with Crippen molar-refractivity contribution in [1.29, 1.82) is 0 Å². The Morgan fingerprint density at radius 1 is 1.17 bits per heavy atom. The van der Waals surface area contributed by atoms with Crippen LogP contribution in [0.4, 0.5) is 4.79 Å². The Morgan fingerprint density at radius 2 is 1.86 bits per heavy atom. The van der Waals surface area contributed by atoms with Gasteiger partial charge in [-0.2, -0.15) is 0 Å². The number of hydrogen-bond acceptors (Lipinski definition) is 5. The fourth-order valence-electron chi connectivity index (χ4n) is 4.42. The monoisotopic (exact) mass is 557 g/mol. The van der Waals surface area contributed by atoms with Crippen molar-refractivity contribution in [3.8, 4) is 17.2 Å². The van der Waals surface area contributed by atoms with E-state index in [2.05, 4.69) is 25.8 Å². The molecule has 192 valence electrons. The maximum atomic E-state index is 13.2. The first-order valence-corrected chi connectivity index (χ1v) is 12.7. The van der Waals surface area contributed by atoms with E-state index in [1.807, 2.05) is 63.4 Å². The summed E-state index contributed by atoms with van der Waals surface area (Å²) in [5.74, 6) is 1.17. The molecule has 3 aromatic rings. The van der Waals surface area contributed by atoms with E-state index < -0.39 is 11.7 Å². The molecule has 0 radical (unpaired) electrons. The Hall–Kier alpha value is -3.20. The molecule has 0 bridgehead atoms.